The van der Waals surface area contributed by atoms with E-state index in [9.17, 15) is 4.79 Å². The number of ether oxygens (including phenoxy) is 1. The van der Waals surface area contributed by atoms with Crippen molar-refractivity contribution in [1.29, 1.82) is 10.5 Å². The summed E-state index contributed by atoms with van der Waals surface area (Å²) in [5, 5.41) is 16.9. The molecule has 80 valence electrons. The molecule has 0 aliphatic carbocycles. The van der Waals surface area contributed by atoms with E-state index < -0.39 is 5.97 Å². The number of carbonyl (C=O) groups excluding carboxylic acids is 1. The van der Waals surface area contributed by atoms with Gasteiger partial charge in [-0.3, -0.25) is 0 Å². The Kier molecular flexibility index (Phi) is 6.67. The Balaban J connectivity index is 4.20. The van der Waals surface area contributed by atoms with Crippen LogP contribution in [0.2, 0.25) is 0 Å². The quantitative estimate of drug-likeness (QED) is 0.391. The standard InChI is InChI=1S/C11H14N2O2/c1-3-10(8-13)7-9(2)11(14)15-6-4-5-12/h7,10H,3-4,6H2,1-2H3. The average Bonchev–Trinajstić information content (AvgIpc) is 2.25. The first kappa shape index (κ1) is 13.2. The Labute approximate surface area is 89.8 Å². The van der Waals surface area contributed by atoms with Crippen LogP contribution >= 0.6 is 0 Å². The van der Waals surface area contributed by atoms with E-state index in [4.69, 9.17) is 15.3 Å². The summed E-state index contributed by atoms with van der Waals surface area (Å²) in [5.74, 6) is -0.715. The molecule has 0 N–H and O–H groups in total. The molecule has 0 aliphatic heterocycles. The van der Waals surface area contributed by atoms with Crippen LogP contribution in [-0.4, -0.2) is 12.6 Å². The maximum absolute atomic E-state index is 11.3. The van der Waals surface area contributed by atoms with Crippen LogP contribution in [-0.2, 0) is 9.53 Å². The Hall–Kier alpha value is -1.81. The first-order chi connectivity index (χ1) is 7.15. The first-order valence-corrected chi connectivity index (χ1v) is 4.77. The molecule has 1 unspecified atom stereocenters. The highest BCUT2D eigenvalue weighted by Gasteiger charge is 2.08. The van der Waals surface area contributed by atoms with Crippen molar-refractivity contribution in [2.75, 3.05) is 6.61 Å². The SMILES string of the molecule is CCC(C#N)C=C(C)C(=O)OCCC#N. The van der Waals surface area contributed by atoms with E-state index in [2.05, 4.69) is 6.07 Å². The van der Waals surface area contributed by atoms with Gasteiger partial charge in [0.15, 0.2) is 0 Å². The van der Waals surface area contributed by atoms with E-state index in [0.29, 0.717) is 12.0 Å². The lowest BCUT2D eigenvalue weighted by atomic mass is 10.1. The van der Waals surface area contributed by atoms with Gasteiger partial charge in [0.2, 0.25) is 0 Å². The zero-order valence-electron chi connectivity index (χ0n) is 8.99. The molecule has 1 atom stereocenters. The predicted octanol–water partition coefficient (Wildman–Crippen LogP) is 1.94. The van der Waals surface area contributed by atoms with Gasteiger partial charge in [-0.15, -0.1) is 0 Å². The molecule has 0 fully saturated rings. The van der Waals surface area contributed by atoms with E-state index in [-0.39, 0.29) is 18.9 Å². The van der Waals surface area contributed by atoms with Crippen molar-refractivity contribution in [2.45, 2.75) is 26.7 Å². The minimum atomic E-state index is -0.459. The van der Waals surface area contributed by atoms with Crippen molar-refractivity contribution in [2.24, 2.45) is 5.92 Å². The third kappa shape index (κ3) is 5.49. The van der Waals surface area contributed by atoms with E-state index in [0.717, 1.165) is 0 Å². The zero-order chi connectivity index (χ0) is 11.7. The van der Waals surface area contributed by atoms with Gasteiger partial charge in [-0.25, -0.2) is 4.79 Å². The smallest absolute Gasteiger partial charge is 0.333 e. The van der Waals surface area contributed by atoms with E-state index >= 15 is 0 Å². The van der Waals surface area contributed by atoms with Crippen molar-refractivity contribution < 1.29 is 9.53 Å². The van der Waals surface area contributed by atoms with Gasteiger partial charge >= 0.3 is 5.97 Å². The molecule has 0 aliphatic rings. The summed E-state index contributed by atoms with van der Waals surface area (Å²) in [7, 11) is 0. The van der Waals surface area contributed by atoms with Crippen molar-refractivity contribution in [1.82, 2.24) is 0 Å². The minimum absolute atomic E-state index is 0.101. The second kappa shape index (κ2) is 7.58. The van der Waals surface area contributed by atoms with Gasteiger partial charge in [-0.1, -0.05) is 13.0 Å². The number of esters is 1. The van der Waals surface area contributed by atoms with Crippen LogP contribution in [0.1, 0.15) is 26.7 Å². The molecule has 0 bridgehead atoms. The van der Waals surface area contributed by atoms with Crippen molar-refractivity contribution in [3.8, 4) is 12.1 Å². The van der Waals surface area contributed by atoms with Gasteiger partial charge in [0.05, 0.1) is 24.5 Å². The highest BCUT2D eigenvalue weighted by atomic mass is 16.5. The van der Waals surface area contributed by atoms with Gasteiger partial charge in [-0.2, -0.15) is 10.5 Å². The molecule has 4 heteroatoms. The summed E-state index contributed by atoms with van der Waals surface area (Å²) in [6.45, 7) is 3.58. The summed E-state index contributed by atoms with van der Waals surface area (Å²) in [4.78, 5) is 11.3. The number of nitrogens with zero attached hydrogens (tertiary/aromatic N) is 2. The summed E-state index contributed by atoms with van der Waals surface area (Å²) in [6, 6.07) is 3.94. The van der Waals surface area contributed by atoms with Gasteiger partial charge in [-0.05, 0) is 13.3 Å². The number of allylic oxidation sites excluding steroid dienone is 1. The number of nitriles is 2. The fourth-order valence-electron chi connectivity index (χ4n) is 0.919. The monoisotopic (exact) mass is 206 g/mol. The van der Waals surface area contributed by atoms with Crippen LogP contribution < -0.4 is 0 Å². The second-order valence-electron chi connectivity index (χ2n) is 3.04. The Morgan fingerprint density at radius 1 is 1.53 bits per heavy atom. The molecule has 0 spiro atoms. The summed E-state index contributed by atoms with van der Waals surface area (Å²) >= 11 is 0. The van der Waals surface area contributed by atoms with Gasteiger partial charge in [0, 0.05) is 5.57 Å². The van der Waals surface area contributed by atoms with Crippen molar-refractivity contribution in [3.63, 3.8) is 0 Å². The molecule has 0 amide bonds. The van der Waals surface area contributed by atoms with Crippen molar-refractivity contribution >= 4 is 5.97 Å². The lowest BCUT2D eigenvalue weighted by Crippen LogP contribution is -2.08. The summed E-state index contributed by atoms with van der Waals surface area (Å²) in [6.07, 6.45) is 2.45. The molecule has 0 rings (SSSR count). The molecule has 0 saturated heterocycles. The largest absolute Gasteiger partial charge is 0.461 e. The highest BCUT2D eigenvalue weighted by Crippen LogP contribution is 2.08. The van der Waals surface area contributed by atoms with E-state index in [1.165, 1.54) is 0 Å². The van der Waals surface area contributed by atoms with Crippen LogP contribution in [0.3, 0.4) is 0 Å². The molecule has 0 heterocycles. The summed E-state index contributed by atoms with van der Waals surface area (Å²) < 4.78 is 4.79. The predicted molar refractivity (Wildman–Crippen MR) is 54.3 cm³/mol. The fourth-order valence-corrected chi connectivity index (χ4v) is 0.919. The molecule has 0 aromatic rings. The number of hydrogen-bond donors (Lipinski definition) is 0. The molecular formula is C11H14N2O2. The Bertz CT molecular complexity index is 320. The zero-order valence-corrected chi connectivity index (χ0v) is 8.99. The summed E-state index contributed by atoms with van der Waals surface area (Å²) in [5.41, 5.74) is 0.418. The number of rotatable bonds is 5. The second-order valence-corrected chi connectivity index (χ2v) is 3.04. The molecule has 0 radical (unpaired) electrons. The third-order valence-corrected chi connectivity index (χ3v) is 1.83. The van der Waals surface area contributed by atoms with Crippen LogP contribution in [0.25, 0.3) is 0 Å². The van der Waals surface area contributed by atoms with Gasteiger partial charge in [0.1, 0.15) is 6.61 Å². The maximum atomic E-state index is 11.3. The lowest BCUT2D eigenvalue weighted by Gasteiger charge is -2.04. The fraction of sp³-hybridized carbons (Fsp3) is 0.545. The Morgan fingerprint density at radius 2 is 2.20 bits per heavy atom. The van der Waals surface area contributed by atoms with Crippen LogP contribution in [0, 0.1) is 28.6 Å². The van der Waals surface area contributed by atoms with Crippen LogP contribution in [0.4, 0.5) is 0 Å². The number of hydrogen-bond acceptors (Lipinski definition) is 4. The molecule has 0 aromatic carbocycles. The van der Waals surface area contributed by atoms with Crippen LogP contribution in [0.15, 0.2) is 11.6 Å². The van der Waals surface area contributed by atoms with E-state index in [1.54, 1.807) is 13.0 Å². The molecule has 4 nitrogen and oxygen atoms in total. The average molecular weight is 206 g/mol. The topological polar surface area (TPSA) is 73.9 Å². The molecule has 15 heavy (non-hydrogen) atoms. The first-order valence-electron chi connectivity index (χ1n) is 4.77. The lowest BCUT2D eigenvalue weighted by molar-refractivity contribution is -0.138. The maximum Gasteiger partial charge on any atom is 0.333 e. The molecule has 0 saturated carbocycles. The van der Waals surface area contributed by atoms with Crippen molar-refractivity contribution in [3.05, 3.63) is 11.6 Å². The number of carbonyl (C=O) groups is 1. The van der Waals surface area contributed by atoms with E-state index in [1.807, 2.05) is 13.0 Å². The highest BCUT2D eigenvalue weighted by molar-refractivity contribution is 5.87. The molecule has 0 aromatic heterocycles. The molecular weight excluding hydrogens is 192 g/mol. The minimum Gasteiger partial charge on any atom is -0.461 e. The Morgan fingerprint density at radius 3 is 2.67 bits per heavy atom. The third-order valence-electron chi connectivity index (χ3n) is 1.83. The normalized spacial score (nSPS) is 12.4. The van der Waals surface area contributed by atoms with Crippen LogP contribution in [0.5, 0.6) is 0 Å². The van der Waals surface area contributed by atoms with Gasteiger partial charge in [0.25, 0.3) is 0 Å². The van der Waals surface area contributed by atoms with Gasteiger partial charge < -0.3 is 4.74 Å².